The van der Waals surface area contributed by atoms with Crippen LogP contribution in [0.4, 0.5) is 5.69 Å². The smallest absolute Gasteiger partial charge is 0.301 e. The maximum Gasteiger partial charge on any atom is 0.301 e. The monoisotopic (exact) mass is 316 g/mol. The third-order valence-corrected chi connectivity index (χ3v) is 4.48. The molecule has 118 valence electrons. The molecular weight excluding hydrogens is 296 g/mol. The predicted molar refractivity (Wildman–Crippen MR) is 78.6 cm³/mol. The van der Waals surface area contributed by atoms with Crippen LogP contribution in [0.15, 0.2) is 18.3 Å². The van der Waals surface area contributed by atoms with Crippen LogP contribution in [0, 0.1) is 0 Å². The Morgan fingerprint density at radius 2 is 2.10 bits per heavy atom. The van der Waals surface area contributed by atoms with Gasteiger partial charge in [-0.3, -0.25) is 4.72 Å². The van der Waals surface area contributed by atoms with Gasteiger partial charge in [-0.05, 0) is 6.07 Å². The molecule has 2 rings (SSSR count). The molecule has 1 fully saturated rings. The molecule has 1 saturated heterocycles. The minimum Gasteiger partial charge on any atom is -0.475 e. The van der Waals surface area contributed by atoms with E-state index in [1.807, 2.05) is 0 Å². The average Bonchev–Trinajstić information content (AvgIpc) is 2.50. The van der Waals surface area contributed by atoms with Crippen LogP contribution >= 0.6 is 0 Å². The van der Waals surface area contributed by atoms with E-state index in [9.17, 15) is 8.42 Å². The number of rotatable bonds is 7. The normalized spacial score (nSPS) is 16.6. The second kappa shape index (κ2) is 7.55. The van der Waals surface area contributed by atoms with E-state index in [-0.39, 0.29) is 0 Å². The van der Waals surface area contributed by atoms with Crippen molar-refractivity contribution in [1.82, 2.24) is 14.6 Å². The Morgan fingerprint density at radius 1 is 1.33 bits per heavy atom. The van der Waals surface area contributed by atoms with Crippen LogP contribution in [0.5, 0.6) is 5.88 Å². The van der Waals surface area contributed by atoms with E-state index in [4.69, 9.17) is 9.47 Å². The quantitative estimate of drug-likeness (QED) is 0.669. The van der Waals surface area contributed by atoms with Gasteiger partial charge in [-0.1, -0.05) is 0 Å². The van der Waals surface area contributed by atoms with E-state index >= 15 is 0 Å². The molecule has 0 radical (unpaired) electrons. The Kier molecular flexibility index (Phi) is 5.74. The standard InChI is InChI=1S/C12H20N4O4S/c1-19-8-9-20-12-3-2-11(10-14-12)15-21(17,18)16-6-4-13-5-7-16/h2-3,10,13,15H,4-9H2,1H3. The fourth-order valence-corrected chi connectivity index (χ4v) is 3.06. The summed E-state index contributed by atoms with van der Waals surface area (Å²) in [6.45, 7) is 3.10. The highest BCUT2D eigenvalue weighted by Crippen LogP contribution is 2.14. The van der Waals surface area contributed by atoms with Gasteiger partial charge in [0.1, 0.15) is 6.61 Å². The molecule has 0 atom stereocenters. The first kappa shape index (κ1) is 16.0. The Hall–Kier alpha value is -1.42. The van der Waals surface area contributed by atoms with E-state index in [0.29, 0.717) is 51.0 Å². The molecule has 21 heavy (non-hydrogen) atoms. The fraction of sp³-hybridized carbons (Fsp3) is 0.583. The summed E-state index contributed by atoms with van der Waals surface area (Å²) in [4.78, 5) is 4.04. The topological polar surface area (TPSA) is 92.8 Å². The summed E-state index contributed by atoms with van der Waals surface area (Å²) in [5.41, 5.74) is 0.410. The number of hydrogen-bond acceptors (Lipinski definition) is 6. The van der Waals surface area contributed by atoms with Crippen molar-refractivity contribution in [1.29, 1.82) is 0 Å². The lowest BCUT2D eigenvalue weighted by Crippen LogP contribution is -2.48. The molecule has 1 aromatic rings. The number of pyridine rings is 1. The highest BCUT2D eigenvalue weighted by atomic mass is 32.2. The lowest BCUT2D eigenvalue weighted by molar-refractivity contribution is 0.144. The molecule has 0 saturated carbocycles. The van der Waals surface area contributed by atoms with Gasteiger partial charge >= 0.3 is 10.2 Å². The summed E-state index contributed by atoms with van der Waals surface area (Å²) in [6, 6.07) is 3.24. The minimum absolute atomic E-state index is 0.398. The third kappa shape index (κ3) is 4.81. The number of ether oxygens (including phenoxy) is 2. The fourth-order valence-electron chi connectivity index (χ4n) is 1.85. The summed E-state index contributed by atoms with van der Waals surface area (Å²) in [5, 5.41) is 3.11. The van der Waals surface area contributed by atoms with Crippen LogP contribution in [-0.4, -0.2) is 64.2 Å². The van der Waals surface area contributed by atoms with E-state index in [1.54, 1.807) is 19.2 Å². The summed E-state index contributed by atoms with van der Waals surface area (Å²) in [5.74, 6) is 0.428. The Balaban J connectivity index is 1.92. The molecule has 2 heterocycles. The Bertz CT molecular complexity index is 529. The van der Waals surface area contributed by atoms with Gasteiger partial charge in [-0.15, -0.1) is 0 Å². The van der Waals surface area contributed by atoms with E-state index in [2.05, 4.69) is 15.0 Å². The van der Waals surface area contributed by atoms with Crippen LogP contribution in [0.2, 0.25) is 0 Å². The van der Waals surface area contributed by atoms with Gasteiger partial charge in [0, 0.05) is 39.4 Å². The maximum absolute atomic E-state index is 12.2. The van der Waals surface area contributed by atoms with Gasteiger partial charge in [0.25, 0.3) is 0 Å². The number of nitrogens with zero attached hydrogens (tertiary/aromatic N) is 2. The first-order valence-corrected chi connectivity index (χ1v) is 8.12. The van der Waals surface area contributed by atoms with Crippen molar-refractivity contribution in [3.63, 3.8) is 0 Å². The maximum atomic E-state index is 12.2. The van der Waals surface area contributed by atoms with Crippen LogP contribution in [0.1, 0.15) is 0 Å². The largest absolute Gasteiger partial charge is 0.475 e. The number of aromatic nitrogens is 1. The van der Waals surface area contributed by atoms with Crippen LogP contribution < -0.4 is 14.8 Å². The highest BCUT2D eigenvalue weighted by Gasteiger charge is 2.23. The average molecular weight is 316 g/mol. The Morgan fingerprint density at radius 3 is 2.71 bits per heavy atom. The lowest BCUT2D eigenvalue weighted by atomic mass is 10.4. The molecule has 0 spiro atoms. The van der Waals surface area contributed by atoms with Crippen molar-refractivity contribution in [2.45, 2.75) is 0 Å². The highest BCUT2D eigenvalue weighted by molar-refractivity contribution is 7.90. The summed E-state index contributed by atoms with van der Waals surface area (Å²) in [6.07, 6.45) is 1.43. The summed E-state index contributed by atoms with van der Waals surface area (Å²) in [7, 11) is -1.94. The molecule has 0 unspecified atom stereocenters. The third-order valence-electron chi connectivity index (χ3n) is 2.94. The first-order valence-electron chi connectivity index (χ1n) is 6.68. The number of methoxy groups -OCH3 is 1. The lowest BCUT2D eigenvalue weighted by Gasteiger charge is -2.26. The molecule has 0 bridgehead atoms. The molecule has 0 aliphatic carbocycles. The molecule has 0 amide bonds. The van der Waals surface area contributed by atoms with Crippen molar-refractivity contribution >= 4 is 15.9 Å². The molecule has 9 heteroatoms. The molecule has 0 aromatic carbocycles. The number of hydrogen-bond donors (Lipinski definition) is 2. The number of nitrogens with one attached hydrogen (secondary N) is 2. The van der Waals surface area contributed by atoms with Crippen molar-refractivity contribution in [2.24, 2.45) is 0 Å². The molecule has 8 nitrogen and oxygen atoms in total. The Labute approximate surface area is 124 Å². The second-order valence-electron chi connectivity index (χ2n) is 4.48. The number of piperazine rings is 1. The summed E-state index contributed by atoms with van der Waals surface area (Å²) >= 11 is 0. The molecular formula is C12H20N4O4S. The van der Waals surface area contributed by atoms with E-state index in [1.165, 1.54) is 10.5 Å². The van der Waals surface area contributed by atoms with E-state index < -0.39 is 10.2 Å². The van der Waals surface area contributed by atoms with Gasteiger partial charge < -0.3 is 14.8 Å². The molecule has 1 aromatic heterocycles. The molecule has 1 aliphatic rings. The van der Waals surface area contributed by atoms with E-state index in [0.717, 1.165) is 0 Å². The molecule has 2 N–H and O–H groups in total. The van der Waals surface area contributed by atoms with Crippen molar-refractivity contribution in [3.8, 4) is 5.88 Å². The van der Waals surface area contributed by atoms with Gasteiger partial charge in [0.15, 0.2) is 0 Å². The van der Waals surface area contributed by atoms with Crippen molar-refractivity contribution < 1.29 is 17.9 Å². The van der Waals surface area contributed by atoms with Crippen LogP contribution in [0.25, 0.3) is 0 Å². The zero-order valence-electron chi connectivity index (χ0n) is 11.9. The zero-order valence-corrected chi connectivity index (χ0v) is 12.7. The van der Waals surface area contributed by atoms with Crippen LogP contribution in [0.3, 0.4) is 0 Å². The second-order valence-corrected chi connectivity index (χ2v) is 6.15. The predicted octanol–water partition coefficient (Wildman–Crippen LogP) is -0.331. The van der Waals surface area contributed by atoms with Crippen molar-refractivity contribution in [3.05, 3.63) is 18.3 Å². The van der Waals surface area contributed by atoms with Gasteiger partial charge in [0.2, 0.25) is 5.88 Å². The summed E-state index contributed by atoms with van der Waals surface area (Å²) < 4.78 is 38.4. The van der Waals surface area contributed by atoms with Gasteiger partial charge in [-0.25, -0.2) is 4.98 Å². The first-order chi connectivity index (χ1) is 10.1. The zero-order chi connectivity index (χ0) is 15.1. The van der Waals surface area contributed by atoms with Crippen LogP contribution in [-0.2, 0) is 14.9 Å². The SMILES string of the molecule is COCCOc1ccc(NS(=O)(=O)N2CCNCC2)cn1. The van der Waals surface area contributed by atoms with Gasteiger partial charge in [-0.2, -0.15) is 12.7 Å². The van der Waals surface area contributed by atoms with Gasteiger partial charge in [0.05, 0.1) is 18.5 Å². The number of anilines is 1. The van der Waals surface area contributed by atoms with Crippen molar-refractivity contribution in [2.75, 3.05) is 51.2 Å². The molecule has 1 aliphatic heterocycles. The minimum atomic E-state index is -3.53.